The molecule has 0 saturated carbocycles. The van der Waals surface area contributed by atoms with E-state index in [0.717, 1.165) is 56.8 Å². The van der Waals surface area contributed by atoms with Crippen molar-refractivity contribution in [2.75, 3.05) is 38.0 Å². The van der Waals surface area contributed by atoms with Gasteiger partial charge in [-0.15, -0.1) is 23.2 Å². The zero-order chi connectivity index (χ0) is 16.5. The topological polar surface area (TPSA) is 12.5 Å². The molecule has 0 radical (unpaired) electrons. The normalized spacial score (nSPS) is 13.4. The smallest absolute Gasteiger partial charge is 0.119 e. The molecular formula is C19H25Cl2NO. The number of benzene rings is 1. The molecule has 126 valence electrons. The van der Waals surface area contributed by atoms with Gasteiger partial charge in [0, 0.05) is 24.8 Å². The van der Waals surface area contributed by atoms with Gasteiger partial charge in [-0.2, -0.15) is 0 Å². The number of hydrogen-bond donors (Lipinski definition) is 0. The molecule has 23 heavy (non-hydrogen) atoms. The second-order valence-corrected chi connectivity index (χ2v) is 6.56. The first-order chi connectivity index (χ1) is 11.2. The molecule has 0 fully saturated rings. The van der Waals surface area contributed by atoms with Crippen molar-refractivity contribution in [1.29, 1.82) is 0 Å². The van der Waals surface area contributed by atoms with Crippen LogP contribution in [0.15, 0.2) is 36.4 Å². The van der Waals surface area contributed by atoms with E-state index in [-0.39, 0.29) is 0 Å². The standard InChI is InChI=1S/C19H25Cl2NO/c1-16-4-5-17-6-7-19(15-18(17)14-16)23-13-3-2-10-22(11-8-20)12-9-21/h4-7,15H,1-3,8-14H2. The van der Waals surface area contributed by atoms with E-state index >= 15 is 0 Å². The highest BCUT2D eigenvalue weighted by Gasteiger charge is 2.08. The highest BCUT2D eigenvalue weighted by molar-refractivity contribution is 6.18. The van der Waals surface area contributed by atoms with Crippen molar-refractivity contribution in [1.82, 2.24) is 4.90 Å². The number of ether oxygens (including phenoxy) is 1. The Bertz CT molecular complexity index is 536. The SMILES string of the molecule is C=C1C=Cc2ccc(OCCCCN(CCCl)CCCl)cc2C1. The van der Waals surface area contributed by atoms with Crippen LogP contribution in [0.25, 0.3) is 6.08 Å². The fourth-order valence-corrected chi connectivity index (χ4v) is 3.18. The summed E-state index contributed by atoms with van der Waals surface area (Å²) in [4.78, 5) is 2.30. The van der Waals surface area contributed by atoms with Crippen molar-refractivity contribution in [2.45, 2.75) is 19.3 Å². The van der Waals surface area contributed by atoms with Crippen molar-refractivity contribution in [3.05, 3.63) is 47.6 Å². The summed E-state index contributed by atoms with van der Waals surface area (Å²) < 4.78 is 5.88. The number of hydrogen-bond acceptors (Lipinski definition) is 2. The molecule has 0 unspecified atom stereocenters. The van der Waals surface area contributed by atoms with Crippen molar-refractivity contribution in [2.24, 2.45) is 0 Å². The summed E-state index contributed by atoms with van der Waals surface area (Å²) in [5, 5.41) is 0. The van der Waals surface area contributed by atoms with Crippen LogP contribution >= 0.6 is 23.2 Å². The molecule has 0 N–H and O–H groups in total. The maximum Gasteiger partial charge on any atom is 0.119 e. The maximum absolute atomic E-state index is 5.88. The van der Waals surface area contributed by atoms with E-state index in [1.54, 1.807) is 0 Å². The molecule has 0 spiro atoms. The molecule has 0 bridgehead atoms. The van der Waals surface area contributed by atoms with Crippen molar-refractivity contribution in [3.8, 4) is 5.75 Å². The second kappa shape index (κ2) is 10.0. The third kappa shape index (κ3) is 6.21. The van der Waals surface area contributed by atoms with E-state index in [1.165, 1.54) is 11.1 Å². The lowest BCUT2D eigenvalue weighted by Gasteiger charge is -2.19. The van der Waals surface area contributed by atoms with Crippen molar-refractivity contribution >= 4 is 29.3 Å². The Hall–Kier alpha value is -0.960. The third-order valence-corrected chi connectivity index (χ3v) is 4.31. The molecule has 1 aliphatic rings. The lowest BCUT2D eigenvalue weighted by Crippen LogP contribution is -2.29. The molecule has 0 aromatic heterocycles. The zero-order valence-corrected chi connectivity index (χ0v) is 15.1. The summed E-state index contributed by atoms with van der Waals surface area (Å²) in [6.45, 7) is 7.59. The molecule has 0 saturated heterocycles. The highest BCUT2D eigenvalue weighted by Crippen LogP contribution is 2.25. The first-order valence-corrected chi connectivity index (χ1v) is 9.25. The fraction of sp³-hybridized carbons (Fsp3) is 0.474. The van der Waals surface area contributed by atoms with Gasteiger partial charge < -0.3 is 9.64 Å². The molecule has 1 aliphatic carbocycles. The van der Waals surface area contributed by atoms with Gasteiger partial charge in [0.05, 0.1) is 6.61 Å². The first-order valence-electron chi connectivity index (χ1n) is 8.19. The van der Waals surface area contributed by atoms with Crippen LogP contribution in [-0.2, 0) is 6.42 Å². The number of unbranched alkanes of at least 4 members (excludes halogenated alkanes) is 1. The molecular weight excluding hydrogens is 329 g/mol. The average Bonchev–Trinajstić information content (AvgIpc) is 2.54. The van der Waals surface area contributed by atoms with Gasteiger partial charge in [0.2, 0.25) is 0 Å². The zero-order valence-electron chi connectivity index (χ0n) is 13.6. The minimum absolute atomic E-state index is 0.655. The maximum atomic E-state index is 5.88. The van der Waals surface area contributed by atoms with Crippen LogP contribution in [0.1, 0.15) is 24.0 Å². The molecule has 0 aliphatic heterocycles. The summed E-state index contributed by atoms with van der Waals surface area (Å²) in [6.07, 6.45) is 7.24. The van der Waals surface area contributed by atoms with E-state index in [1.807, 2.05) is 6.07 Å². The van der Waals surface area contributed by atoms with E-state index in [4.69, 9.17) is 27.9 Å². The molecule has 2 rings (SSSR count). The average molecular weight is 354 g/mol. The Morgan fingerprint density at radius 2 is 1.83 bits per heavy atom. The quantitative estimate of drug-likeness (QED) is 0.444. The Morgan fingerprint density at radius 1 is 1.04 bits per heavy atom. The minimum atomic E-state index is 0.655. The first kappa shape index (κ1) is 18.4. The fourth-order valence-electron chi connectivity index (χ4n) is 2.70. The Kier molecular flexibility index (Phi) is 8.01. The number of fused-ring (bicyclic) bond motifs is 1. The summed E-state index contributed by atoms with van der Waals surface area (Å²) >= 11 is 11.6. The summed E-state index contributed by atoms with van der Waals surface area (Å²) in [6, 6.07) is 6.30. The second-order valence-electron chi connectivity index (χ2n) is 5.80. The Morgan fingerprint density at radius 3 is 2.57 bits per heavy atom. The van der Waals surface area contributed by atoms with Gasteiger partial charge in [0.25, 0.3) is 0 Å². The van der Waals surface area contributed by atoms with Crippen LogP contribution < -0.4 is 4.74 Å². The molecule has 0 amide bonds. The largest absolute Gasteiger partial charge is 0.494 e. The van der Waals surface area contributed by atoms with Crippen LogP contribution in [-0.4, -0.2) is 42.9 Å². The van der Waals surface area contributed by atoms with E-state index in [9.17, 15) is 0 Å². The predicted molar refractivity (Wildman–Crippen MR) is 101 cm³/mol. The van der Waals surface area contributed by atoms with Crippen molar-refractivity contribution < 1.29 is 4.74 Å². The molecule has 1 aromatic carbocycles. The lowest BCUT2D eigenvalue weighted by molar-refractivity contribution is 0.268. The third-order valence-electron chi connectivity index (χ3n) is 3.97. The predicted octanol–water partition coefficient (Wildman–Crippen LogP) is 4.75. The van der Waals surface area contributed by atoms with Crippen LogP contribution in [0.2, 0.25) is 0 Å². The monoisotopic (exact) mass is 353 g/mol. The minimum Gasteiger partial charge on any atom is -0.494 e. The number of halogens is 2. The summed E-state index contributed by atoms with van der Waals surface area (Å²) in [7, 11) is 0. The highest BCUT2D eigenvalue weighted by atomic mass is 35.5. The van der Waals surface area contributed by atoms with E-state index < -0.39 is 0 Å². The van der Waals surface area contributed by atoms with Crippen LogP contribution in [0.3, 0.4) is 0 Å². The van der Waals surface area contributed by atoms with Gasteiger partial charge >= 0.3 is 0 Å². The van der Waals surface area contributed by atoms with Crippen LogP contribution in [0, 0.1) is 0 Å². The number of alkyl halides is 2. The molecule has 4 heteroatoms. The molecule has 2 nitrogen and oxygen atoms in total. The van der Waals surface area contributed by atoms with E-state index in [0.29, 0.717) is 11.8 Å². The summed E-state index contributed by atoms with van der Waals surface area (Å²) in [5.74, 6) is 2.26. The van der Waals surface area contributed by atoms with Gasteiger partial charge in [0.1, 0.15) is 5.75 Å². The van der Waals surface area contributed by atoms with Gasteiger partial charge in [0.15, 0.2) is 0 Å². The summed E-state index contributed by atoms with van der Waals surface area (Å²) in [5.41, 5.74) is 3.71. The lowest BCUT2D eigenvalue weighted by atomic mass is 9.94. The van der Waals surface area contributed by atoms with Gasteiger partial charge in [-0.25, -0.2) is 0 Å². The molecule has 0 heterocycles. The Labute approximate surface area is 149 Å². The molecule has 1 aromatic rings. The van der Waals surface area contributed by atoms with Gasteiger partial charge in [-0.05, 0) is 49.1 Å². The van der Waals surface area contributed by atoms with Crippen LogP contribution in [0.4, 0.5) is 0 Å². The number of rotatable bonds is 10. The molecule has 0 atom stereocenters. The van der Waals surface area contributed by atoms with Crippen molar-refractivity contribution in [3.63, 3.8) is 0 Å². The number of nitrogens with zero attached hydrogens (tertiary/aromatic N) is 1. The van der Waals surface area contributed by atoms with Gasteiger partial charge in [-0.3, -0.25) is 0 Å². The van der Waals surface area contributed by atoms with E-state index in [2.05, 4.69) is 35.8 Å². The number of allylic oxidation sites excluding steroid dienone is 2. The Balaban J connectivity index is 1.71. The van der Waals surface area contributed by atoms with Gasteiger partial charge in [-0.1, -0.05) is 30.4 Å². The van der Waals surface area contributed by atoms with Crippen LogP contribution in [0.5, 0.6) is 5.75 Å².